The molecule has 3 rings (SSSR count). The van der Waals surface area contributed by atoms with Crippen molar-refractivity contribution in [1.82, 2.24) is 4.90 Å². The van der Waals surface area contributed by atoms with E-state index in [0.717, 1.165) is 43.8 Å². The molecule has 2 aromatic carbocycles. The number of piperidine rings is 1. The molecule has 1 aliphatic heterocycles. The summed E-state index contributed by atoms with van der Waals surface area (Å²) in [6.07, 6.45) is 1.52. The molecular weight excluding hydrogens is 286 g/mol. The van der Waals surface area contributed by atoms with Gasteiger partial charge in [0, 0.05) is 19.6 Å². The summed E-state index contributed by atoms with van der Waals surface area (Å²) in [5.41, 5.74) is 1.57. The average Bonchev–Trinajstić information content (AvgIpc) is 2.59. The minimum Gasteiger partial charge on any atom is -0.494 e. The molecular formula is C20H25NO2. The fraction of sp³-hybridized carbons (Fsp3) is 0.400. The van der Waals surface area contributed by atoms with Gasteiger partial charge in [0.05, 0.1) is 12.2 Å². The van der Waals surface area contributed by atoms with Gasteiger partial charge in [-0.3, -0.25) is 4.90 Å². The van der Waals surface area contributed by atoms with Crippen molar-refractivity contribution < 1.29 is 9.84 Å². The number of benzene rings is 2. The lowest BCUT2D eigenvalue weighted by molar-refractivity contribution is -0.0278. The molecule has 0 bridgehead atoms. The lowest BCUT2D eigenvalue weighted by Crippen LogP contribution is -2.42. The van der Waals surface area contributed by atoms with Crippen LogP contribution in [0.3, 0.4) is 0 Å². The van der Waals surface area contributed by atoms with E-state index in [1.165, 1.54) is 5.56 Å². The number of nitrogens with zero attached hydrogens (tertiary/aromatic N) is 1. The van der Waals surface area contributed by atoms with Gasteiger partial charge in [-0.2, -0.15) is 0 Å². The molecule has 122 valence electrons. The lowest BCUT2D eigenvalue weighted by atomic mass is 9.84. The zero-order chi connectivity index (χ0) is 16.1. The van der Waals surface area contributed by atoms with E-state index in [1.54, 1.807) is 0 Å². The normalized spacial score (nSPS) is 17.8. The number of rotatable bonds is 5. The molecule has 3 nitrogen and oxygen atoms in total. The number of aliphatic hydroxyl groups is 1. The SMILES string of the molecule is CCOc1cccc(C2(O)CCN(Cc3ccccc3)CC2)c1. The summed E-state index contributed by atoms with van der Waals surface area (Å²) in [7, 11) is 0. The van der Waals surface area contributed by atoms with Gasteiger partial charge in [-0.15, -0.1) is 0 Å². The standard InChI is InChI=1S/C20H25NO2/c1-2-23-19-10-6-9-18(15-19)20(22)11-13-21(14-12-20)16-17-7-4-3-5-8-17/h3-10,15,22H,2,11-14,16H2,1H3. The highest BCUT2D eigenvalue weighted by molar-refractivity contribution is 5.32. The molecule has 1 N–H and O–H groups in total. The van der Waals surface area contributed by atoms with Gasteiger partial charge < -0.3 is 9.84 Å². The molecule has 0 atom stereocenters. The molecule has 0 amide bonds. The zero-order valence-electron chi connectivity index (χ0n) is 13.7. The average molecular weight is 311 g/mol. The molecule has 1 heterocycles. The number of ether oxygens (including phenoxy) is 1. The lowest BCUT2D eigenvalue weighted by Gasteiger charge is -2.38. The van der Waals surface area contributed by atoms with E-state index in [9.17, 15) is 5.11 Å². The minimum absolute atomic E-state index is 0.646. The monoisotopic (exact) mass is 311 g/mol. The Balaban J connectivity index is 1.64. The van der Waals surface area contributed by atoms with Crippen molar-refractivity contribution in [3.8, 4) is 5.75 Å². The summed E-state index contributed by atoms with van der Waals surface area (Å²) in [6, 6.07) is 18.4. The smallest absolute Gasteiger partial charge is 0.119 e. The van der Waals surface area contributed by atoms with Gasteiger partial charge in [0.1, 0.15) is 5.75 Å². The van der Waals surface area contributed by atoms with Crippen molar-refractivity contribution in [3.05, 3.63) is 65.7 Å². The van der Waals surface area contributed by atoms with Crippen LogP contribution in [0.15, 0.2) is 54.6 Å². The van der Waals surface area contributed by atoms with Crippen molar-refractivity contribution in [2.24, 2.45) is 0 Å². The van der Waals surface area contributed by atoms with Crippen LogP contribution in [0.2, 0.25) is 0 Å². The van der Waals surface area contributed by atoms with Crippen LogP contribution in [0.5, 0.6) is 5.75 Å². The number of hydrogen-bond acceptors (Lipinski definition) is 3. The molecule has 1 saturated heterocycles. The number of likely N-dealkylation sites (tertiary alicyclic amines) is 1. The van der Waals surface area contributed by atoms with E-state index >= 15 is 0 Å². The van der Waals surface area contributed by atoms with Crippen LogP contribution >= 0.6 is 0 Å². The van der Waals surface area contributed by atoms with Crippen molar-refractivity contribution in [2.75, 3.05) is 19.7 Å². The zero-order valence-corrected chi connectivity index (χ0v) is 13.7. The van der Waals surface area contributed by atoms with Crippen LogP contribution in [0.4, 0.5) is 0 Å². The first kappa shape index (κ1) is 16.0. The van der Waals surface area contributed by atoms with E-state index in [0.29, 0.717) is 6.61 Å². The largest absolute Gasteiger partial charge is 0.494 e. The summed E-state index contributed by atoms with van der Waals surface area (Å²) in [5.74, 6) is 0.838. The first-order chi connectivity index (χ1) is 11.2. The van der Waals surface area contributed by atoms with E-state index in [2.05, 4.69) is 29.2 Å². The Labute approximate surface area is 138 Å². The van der Waals surface area contributed by atoms with Gasteiger partial charge in [-0.1, -0.05) is 42.5 Å². The molecule has 0 radical (unpaired) electrons. The second-order valence-electron chi connectivity index (χ2n) is 6.25. The van der Waals surface area contributed by atoms with E-state index < -0.39 is 5.60 Å². The topological polar surface area (TPSA) is 32.7 Å². The molecule has 0 aliphatic carbocycles. The van der Waals surface area contributed by atoms with Crippen molar-refractivity contribution >= 4 is 0 Å². The van der Waals surface area contributed by atoms with Crippen molar-refractivity contribution in [3.63, 3.8) is 0 Å². The first-order valence-electron chi connectivity index (χ1n) is 8.41. The second kappa shape index (κ2) is 7.16. The highest BCUT2D eigenvalue weighted by Gasteiger charge is 2.34. The van der Waals surface area contributed by atoms with E-state index in [-0.39, 0.29) is 0 Å². The van der Waals surface area contributed by atoms with Gasteiger partial charge in [-0.05, 0) is 43.0 Å². The van der Waals surface area contributed by atoms with Crippen LogP contribution in [0.25, 0.3) is 0 Å². The third-order valence-electron chi connectivity index (χ3n) is 4.61. The maximum Gasteiger partial charge on any atom is 0.119 e. The molecule has 1 aliphatic rings. The third-order valence-corrected chi connectivity index (χ3v) is 4.61. The molecule has 23 heavy (non-hydrogen) atoms. The van der Waals surface area contributed by atoms with E-state index in [1.807, 2.05) is 37.3 Å². The highest BCUT2D eigenvalue weighted by atomic mass is 16.5. The Morgan fingerprint density at radius 2 is 1.78 bits per heavy atom. The maximum absolute atomic E-state index is 11.0. The molecule has 3 heteroatoms. The maximum atomic E-state index is 11.0. The Kier molecular flexibility index (Phi) is 4.99. The predicted octanol–water partition coefficient (Wildman–Crippen LogP) is 3.57. The molecule has 1 fully saturated rings. The summed E-state index contributed by atoms with van der Waals surface area (Å²) in [6.45, 7) is 5.39. The fourth-order valence-electron chi connectivity index (χ4n) is 3.25. The van der Waals surface area contributed by atoms with Crippen molar-refractivity contribution in [1.29, 1.82) is 0 Å². The molecule has 0 spiro atoms. The second-order valence-corrected chi connectivity index (χ2v) is 6.25. The highest BCUT2D eigenvalue weighted by Crippen LogP contribution is 2.34. The molecule has 0 saturated carbocycles. The summed E-state index contributed by atoms with van der Waals surface area (Å²) in [4.78, 5) is 2.41. The van der Waals surface area contributed by atoms with Crippen molar-refractivity contribution in [2.45, 2.75) is 31.9 Å². The van der Waals surface area contributed by atoms with Gasteiger partial charge >= 0.3 is 0 Å². The summed E-state index contributed by atoms with van der Waals surface area (Å²) >= 11 is 0. The Bertz CT molecular complexity index is 619. The third kappa shape index (κ3) is 3.92. The van der Waals surface area contributed by atoms with Crippen LogP contribution in [-0.2, 0) is 12.1 Å². The van der Waals surface area contributed by atoms with Crippen LogP contribution < -0.4 is 4.74 Å². The van der Waals surface area contributed by atoms with Gasteiger partial charge in [0.15, 0.2) is 0 Å². The van der Waals surface area contributed by atoms with Crippen LogP contribution in [0, 0.1) is 0 Å². The Morgan fingerprint density at radius 3 is 2.48 bits per heavy atom. The van der Waals surface area contributed by atoms with Crippen LogP contribution in [-0.4, -0.2) is 29.7 Å². The van der Waals surface area contributed by atoms with E-state index in [4.69, 9.17) is 4.74 Å². The molecule has 2 aromatic rings. The predicted molar refractivity (Wildman–Crippen MR) is 92.5 cm³/mol. The molecule has 0 aromatic heterocycles. The Hall–Kier alpha value is -1.84. The first-order valence-corrected chi connectivity index (χ1v) is 8.41. The quantitative estimate of drug-likeness (QED) is 0.916. The minimum atomic E-state index is -0.736. The number of hydrogen-bond donors (Lipinski definition) is 1. The van der Waals surface area contributed by atoms with Gasteiger partial charge in [0.2, 0.25) is 0 Å². The van der Waals surface area contributed by atoms with Gasteiger partial charge in [0.25, 0.3) is 0 Å². The summed E-state index contributed by atoms with van der Waals surface area (Å²) < 4.78 is 5.56. The Morgan fingerprint density at radius 1 is 1.04 bits per heavy atom. The molecule has 0 unspecified atom stereocenters. The fourth-order valence-corrected chi connectivity index (χ4v) is 3.25. The van der Waals surface area contributed by atoms with Crippen LogP contribution in [0.1, 0.15) is 30.9 Å². The summed E-state index contributed by atoms with van der Waals surface area (Å²) in [5, 5.41) is 11.0. The van der Waals surface area contributed by atoms with Gasteiger partial charge in [-0.25, -0.2) is 0 Å².